The van der Waals surface area contributed by atoms with Crippen LogP contribution in [0.25, 0.3) is 10.9 Å². The second-order valence-electron chi connectivity index (χ2n) is 6.43. The first kappa shape index (κ1) is 17.9. The summed E-state index contributed by atoms with van der Waals surface area (Å²) in [5.74, 6) is 0.451. The number of carbonyl (C=O) groups excluding carboxylic acids is 1. The molecule has 0 saturated carbocycles. The molecule has 1 aliphatic rings. The number of methoxy groups -OCH3 is 3. The molecule has 1 unspecified atom stereocenters. The van der Waals surface area contributed by atoms with E-state index in [4.69, 9.17) is 18.9 Å². The summed E-state index contributed by atoms with van der Waals surface area (Å²) >= 11 is 0. The zero-order valence-electron chi connectivity index (χ0n) is 15.7. The van der Waals surface area contributed by atoms with Gasteiger partial charge >= 0.3 is 5.97 Å². The van der Waals surface area contributed by atoms with E-state index in [0.29, 0.717) is 34.1 Å². The van der Waals surface area contributed by atoms with Crippen LogP contribution in [-0.2, 0) is 4.79 Å². The highest BCUT2D eigenvalue weighted by Crippen LogP contribution is 2.51. The maximum atomic E-state index is 12.8. The van der Waals surface area contributed by atoms with Crippen LogP contribution in [0.15, 0.2) is 41.2 Å². The molecule has 0 bridgehead atoms. The predicted molar refractivity (Wildman–Crippen MR) is 103 cm³/mol. The Morgan fingerprint density at radius 1 is 1.00 bits per heavy atom. The number of para-hydroxylation sites is 1. The summed E-state index contributed by atoms with van der Waals surface area (Å²) < 4.78 is 21.8. The van der Waals surface area contributed by atoms with Crippen LogP contribution in [-0.4, -0.2) is 32.3 Å². The lowest BCUT2D eigenvalue weighted by atomic mass is 9.85. The van der Waals surface area contributed by atoms with Crippen molar-refractivity contribution in [3.63, 3.8) is 0 Å². The molecule has 0 amide bonds. The Labute approximate surface area is 160 Å². The first-order chi connectivity index (χ1) is 13.6. The number of esters is 1. The molecule has 2 heterocycles. The van der Waals surface area contributed by atoms with Gasteiger partial charge in [0.15, 0.2) is 11.5 Å². The van der Waals surface area contributed by atoms with Crippen LogP contribution in [0.5, 0.6) is 23.0 Å². The number of aromatic nitrogens is 1. The van der Waals surface area contributed by atoms with E-state index in [0.717, 1.165) is 10.9 Å². The minimum Gasteiger partial charge on any atom is -0.493 e. The van der Waals surface area contributed by atoms with Gasteiger partial charge in [-0.15, -0.1) is 0 Å². The second-order valence-corrected chi connectivity index (χ2v) is 6.43. The number of rotatable bonds is 4. The maximum absolute atomic E-state index is 12.8. The number of benzene rings is 2. The van der Waals surface area contributed by atoms with Crippen molar-refractivity contribution in [2.75, 3.05) is 21.3 Å². The van der Waals surface area contributed by atoms with E-state index in [1.54, 1.807) is 12.1 Å². The number of aromatic amines is 1. The fourth-order valence-corrected chi connectivity index (χ4v) is 3.69. The molecule has 1 aromatic heterocycles. The normalized spacial score (nSPS) is 15.7. The summed E-state index contributed by atoms with van der Waals surface area (Å²) in [4.78, 5) is 28.0. The Hall–Kier alpha value is -3.48. The first-order valence-corrected chi connectivity index (χ1v) is 8.72. The Morgan fingerprint density at radius 2 is 1.75 bits per heavy atom. The van der Waals surface area contributed by atoms with Crippen molar-refractivity contribution in [3.8, 4) is 23.0 Å². The Kier molecular flexibility index (Phi) is 4.43. The Morgan fingerprint density at radius 3 is 2.46 bits per heavy atom. The van der Waals surface area contributed by atoms with Gasteiger partial charge in [-0.3, -0.25) is 9.59 Å². The van der Waals surface area contributed by atoms with Gasteiger partial charge in [0.25, 0.3) is 5.56 Å². The first-order valence-electron chi connectivity index (χ1n) is 8.72. The van der Waals surface area contributed by atoms with Crippen LogP contribution in [0.1, 0.15) is 23.5 Å². The largest absolute Gasteiger partial charge is 0.493 e. The molecule has 1 atom stereocenters. The van der Waals surface area contributed by atoms with Crippen molar-refractivity contribution in [1.82, 2.24) is 4.98 Å². The van der Waals surface area contributed by atoms with Crippen molar-refractivity contribution in [3.05, 3.63) is 57.9 Å². The smallest absolute Gasteiger partial charge is 0.312 e. The van der Waals surface area contributed by atoms with Crippen molar-refractivity contribution in [2.24, 2.45) is 0 Å². The molecule has 28 heavy (non-hydrogen) atoms. The van der Waals surface area contributed by atoms with Gasteiger partial charge in [0.1, 0.15) is 5.75 Å². The van der Waals surface area contributed by atoms with E-state index in [9.17, 15) is 9.59 Å². The molecular formula is C21H19NO6. The number of carbonyl (C=O) groups is 1. The average molecular weight is 381 g/mol. The van der Waals surface area contributed by atoms with E-state index in [-0.39, 0.29) is 12.0 Å². The number of H-pyrrole nitrogens is 1. The van der Waals surface area contributed by atoms with Crippen molar-refractivity contribution < 1.29 is 23.7 Å². The van der Waals surface area contributed by atoms with Gasteiger partial charge in [-0.25, -0.2) is 0 Å². The SMILES string of the molecule is COc1cc2c(c(OC)c1OC)C(c1cc3ccccc3[nH]c1=O)CC(=O)O2. The zero-order chi connectivity index (χ0) is 19.8. The molecule has 4 rings (SSSR count). The molecule has 1 aliphatic heterocycles. The van der Waals surface area contributed by atoms with Gasteiger partial charge < -0.3 is 23.9 Å². The van der Waals surface area contributed by atoms with E-state index >= 15 is 0 Å². The number of nitrogens with one attached hydrogen (secondary N) is 1. The standard InChI is InChI=1S/C21H19NO6/c1-25-16-10-15-18(20(27-3)19(16)26-2)12(9-17(23)28-15)13-8-11-6-4-5-7-14(11)22-21(13)24/h4-8,10,12H,9H2,1-3H3,(H,22,24). The lowest BCUT2D eigenvalue weighted by molar-refractivity contribution is -0.135. The van der Waals surface area contributed by atoms with Crippen LogP contribution in [0.3, 0.4) is 0 Å². The molecule has 144 valence electrons. The molecular weight excluding hydrogens is 362 g/mol. The molecule has 7 heteroatoms. The quantitative estimate of drug-likeness (QED) is 0.552. The second kappa shape index (κ2) is 6.92. The van der Waals surface area contributed by atoms with Gasteiger partial charge in [-0.05, 0) is 17.5 Å². The van der Waals surface area contributed by atoms with Crippen molar-refractivity contribution in [1.29, 1.82) is 0 Å². The highest BCUT2D eigenvalue weighted by Gasteiger charge is 2.36. The molecule has 7 nitrogen and oxygen atoms in total. The van der Waals surface area contributed by atoms with Gasteiger partial charge in [-0.1, -0.05) is 18.2 Å². The van der Waals surface area contributed by atoms with Crippen molar-refractivity contribution >= 4 is 16.9 Å². The zero-order valence-corrected chi connectivity index (χ0v) is 15.7. The fraction of sp³-hybridized carbons (Fsp3) is 0.238. The van der Waals surface area contributed by atoms with Crippen molar-refractivity contribution in [2.45, 2.75) is 12.3 Å². The summed E-state index contributed by atoms with van der Waals surface area (Å²) in [7, 11) is 4.48. The lowest BCUT2D eigenvalue weighted by Crippen LogP contribution is -2.26. The van der Waals surface area contributed by atoms with E-state index in [1.165, 1.54) is 21.3 Å². The summed E-state index contributed by atoms with van der Waals surface area (Å²) in [6.45, 7) is 0. The van der Waals surface area contributed by atoms with E-state index < -0.39 is 11.9 Å². The molecule has 0 saturated heterocycles. The lowest BCUT2D eigenvalue weighted by Gasteiger charge is -2.28. The van der Waals surface area contributed by atoms with E-state index in [1.807, 2.05) is 24.3 Å². The van der Waals surface area contributed by atoms with Crippen LogP contribution in [0, 0.1) is 0 Å². The molecule has 0 fully saturated rings. The number of fused-ring (bicyclic) bond motifs is 2. The number of hydrogen-bond donors (Lipinski definition) is 1. The summed E-state index contributed by atoms with van der Waals surface area (Å²) in [5, 5.41) is 0.872. The number of hydrogen-bond acceptors (Lipinski definition) is 6. The number of pyridine rings is 1. The molecule has 0 radical (unpaired) electrons. The third kappa shape index (κ3) is 2.76. The van der Waals surface area contributed by atoms with Crippen LogP contribution >= 0.6 is 0 Å². The molecule has 0 aliphatic carbocycles. The third-order valence-electron chi connectivity index (χ3n) is 4.93. The van der Waals surface area contributed by atoms with Crippen LogP contribution in [0.4, 0.5) is 0 Å². The molecule has 1 N–H and O–H groups in total. The summed E-state index contributed by atoms with van der Waals surface area (Å²) in [5.41, 5.74) is 1.51. The van der Waals surface area contributed by atoms with Crippen LogP contribution < -0.4 is 24.5 Å². The Bertz CT molecular complexity index is 1130. The van der Waals surface area contributed by atoms with Crippen LogP contribution in [0.2, 0.25) is 0 Å². The molecule has 3 aromatic rings. The highest BCUT2D eigenvalue weighted by molar-refractivity contribution is 5.83. The third-order valence-corrected chi connectivity index (χ3v) is 4.93. The minimum absolute atomic E-state index is 0.0142. The summed E-state index contributed by atoms with van der Waals surface area (Å²) in [6.07, 6.45) is 0.0142. The maximum Gasteiger partial charge on any atom is 0.312 e. The highest BCUT2D eigenvalue weighted by atomic mass is 16.5. The summed E-state index contributed by atoms with van der Waals surface area (Å²) in [6, 6.07) is 10.9. The van der Waals surface area contributed by atoms with E-state index in [2.05, 4.69) is 4.98 Å². The van der Waals surface area contributed by atoms with Gasteiger partial charge in [0.2, 0.25) is 5.75 Å². The molecule has 0 spiro atoms. The monoisotopic (exact) mass is 381 g/mol. The average Bonchev–Trinajstić information content (AvgIpc) is 2.70. The predicted octanol–water partition coefficient (Wildman–Crippen LogP) is 2.99. The van der Waals surface area contributed by atoms with Gasteiger partial charge in [0.05, 0.1) is 27.8 Å². The van der Waals surface area contributed by atoms with Gasteiger partial charge in [0, 0.05) is 28.6 Å². The van der Waals surface area contributed by atoms with Gasteiger partial charge in [-0.2, -0.15) is 0 Å². The number of ether oxygens (including phenoxy) is 4. The Balaban J connectivity index is 2.00. The topological polar surface area (TPSA) is 86.9 Å². The molecule has 2 aromatic carbocycles. The fourth-order valence-electron chi connectivity index (χ4n) is 3.69. The minimum atomic E-state index is -0.542.